The van der Waals surface area contributed by atoms with Gasteiger partial charge in [0.1, 0.15) is 5.78 Å². The first-order valence-corrected chi connectivity index (χ1v) is 4.76. The van der Waals surface area contributed by atoms with Crippen LogP contribution in [0.5, 0.6) is 0 Å². The Morgan fingerprint density at radius 3 is 2.42 bits per heavy atom. The molecule has 0 aliphatic heterocycles. The van der Waals surface area contributed by atoms with Crippen LogP contribution < -0.4 is 0 Å². The Morgan fingerprint density at radius 1 is 1.42 bits per heavy atom. The highest BCUT2D eigenvalue weighted by molar-refractivity contribution is 5.77. The number of carbonyl (C=O) groups is 1. The summed E-state index contributed by atoms with van der Waals surface area (Å²) in [5, 5.41) is 9.41. The predicted octanol–water partition coefficient (Wildman–Crippen LogP) is 2.15. The van der Waals surface area contributed by atoms with Crippen LogP contribution in [-0.4, -0.2) is 17.0 Å². The highest BCUT2D eigenvalue weighted by atomic mass is 16.3. The van der Waals surface area contributed by atoms with E-state index in [1.807, 2.05) is 6.92 Å². The number of aliphatic hydroxyl groups excluding tert-OH is 1. The summed E-state index contributed by atoms with van der Waals surface area (Å²) < 4.78 is 0. The molecule has 0 rings (SSSR count). The fourth-order valence-corrected chi connectivity index (χ4v) is 1.17. The lowest BCUT2D eigenvalue weighted by atomic mass is 10.0. The van der Waals surface area contributed by atoms with Gasteiger partial charge in [-0.3, -0.25) is 4.79 Å². The van der Waals surface area contributed by atoms with E-state index in [1.165, 1.54) is 0 Å². The number of hydrogen-bond donors (Lipinski definition) is 1. The van der Waals surface area contributed by atoms with Crippen molar-refractivity contribution in [3.63, 3.8) is 0 Å². The molecule has 0 fully saturated rings. The molecule has 0 amide bonds. The van der Waals surface area contributed by atoms with E-state index in [1.54, 1.807) is 0 Å². The number of ketones is 1. The van der Waals surface area contributed by atoms with Crippen molar-refractivity contribution in [2.75, 3.05) is 0 Å². The zero-order valence-corrected chi connectivity index (χ0v) is 8.34. The normalized spacial score (nSPS) is 13.4. The minimum Gasteiger partial charge on any atom is -0.393 e. The van der Waals surface area contributed by atoms with Gasteiger partial charge in [-0.2, -0.15) is 0 Å². The Bertz CT molecular complexity index is 130. The molecule has 0 aliphatic carbocycles. The Balaban J connectivity index is 3.43. The third-order valence-electron chi connectivity index (χ3n) is 1.89. The van der Waals surface area contributed by atoms with Gasteiger partial charge in [-0.1, -0.05) is 20.8 Å². The summed E-state index contributed by atoms with van der Waals surface area (Å²) in [4.78, 5) is 10.9. The van der Waals surface area contributed by atoms with Crippen molar-refractivity contribution in [1.82, 2.24) is 0 Å². The summed E-state index contributed by atoms with van der Waals surface area (Å²) in [6.45, 7) is 6.01. The molecule has 0 heterocycles. The summed E-state index contributed by atoms with van der Waals surface area (Å²) in [6.07, 6.45) is 2.26. The summed E-state index contributed by atoms with van der Waals surface area (Å²) in [5.41, 5.74) is 0. The molecule has 0 aromatic rings. The molecule has 0 aromatic carbocycles. The lowest BCUT2D eigenvalue weighted by molar-refractivity contribution is -0.119. The van der Waals surface area contributed by atoms with Gasteiger partial charge in [0.2, 0.25) is 0 Å². The van der Waals surface area contributed by atoms with Crippen LogP contribution in [0.2, 0.25) is 0 Å². The average molecular weight is 172 g/mol. The second kappa shape index (κ2) is 6.18. The molecule has 0 spiro atoms. The van der Waals surface area contributed by atoms with Crippen LogP contribution >= 0.6 is 0 Å². The van der Waals surface area contributed by atoms with Gasteiger partial charge in [-0.25, -0.2) is 0 Å². The largest absolute Gasteiger partial charge is 0.393 e. The van der Waals surface area contributed by atoms with E-state index < -0.39 is 0 Å². The maximum atomic E-state index is 10.9. The van der Waals surface area contributed by atoms with Crippen LogP contribution in [-0.2, 0) is 4.79 Å². The Morgan fingerprint density at radius 2 is 2.00 bits per heavy atom. The first-order valence-electron chi connectivity index (χ1n) is 4.76. The topological polar surface area (TPSA) is 37.3 Å². The van der Waals surface area contributed by atoms with Crippen molar-refractivity contribution >= 4 is 5.78 Å². The van der Waals surface area contributed by atoms with Gasteiger partial charge < -0.3 is 5.11 Å². The standard InChI is InChI=1S/C10H20O2/c1-4-9(11)5-6-10(12)7-8(2)3/h8,10,12H,4-7H2,1-3H3. The highest BCUT2D eigenvalue weighted by Gasteiger charge is 2.08. The third kappa shape index (κ3) is 6.35. The minimum atomic E-state index is -0.291. The van der Waals surface area contributed by atoms with Gasteiger partial charge in [-0.15, -0.1) is 0 Å². The SMILES string of the molecule is CCC(=O)CCC(O)CC(C)C. The molecule has 0 radical (unpaired) electrons. The van der Waals surface area contributed by atoms with Crippen LogP contribution in [0.25, 0.3) is 0 Å². The van der Waals surface area contributed by atoms with Crippen molar-refractivity contribution in [1.29, 1.82) is 0 Å². The molecule has 12 heavy (non-hydrogen) atoms. The zero-order valence-electron chi connectivity index (χ0n) is 8.34. The molecular formula is C10H20O2. The van der Waals surface area contributed by atoms with Crippen molar-refractivity contribution in [2.45, 2.75) is 52.6 Å². The lowest BCUT2D eigenvalue weighted by Crippen LogP contribution is -2.11. The smallest absolute Gasteiger partial charge is 0.132 e. The maximum Gasteiger partial charge on any atom is 0.132 e. The second-order valence-electron chi connectivity index (χ2n) is 3.71. The van der Waals surface area contributed by atoms with E-state index in [9.17, 15) is 9.90 Å². The lowest BCUT2D eigenvalue weighted by Gasteiger charge is -2.11. The number of aliphatic hydroxyl groups is 1. The van der Waals surface area contributed by atoms with Crippen LogP contribution in [0.3, 0.4) is 0 Å². The summed E-state index contributed by atoms with van der Waals surface area (Å²) in [5.74, 6) is 0.759. The molecule has 2 nitrogen and oxygen atoms in total. The highest BCUT2D eigenvalue weighted by Crippen LogP contribution is 2.09. The van der Waals surface area contributed by atoms with E-state index in [0.29, 0.717) is 25.2 Å². The molecule has 72 valence electrons. The van der Waals surface area contributed by atoms with E-state index in [-0.39, 0.29) is 11.9 Å². The number of carbonyl (C=O) groups excluding carboxylic acids is 1. The fraction of sp³-hybridized carbons (Fsp3) is 0.900. The van der Waals surface area contributed by atoms with Gasteiger partial charge >= 0.3 is 0 Å². The molecular weight excluding hydrogens is 152 g/mol. The predicted molar refractivity (Wildman–Crippen MR) is 50.0 cm³/mol. The van der Waals surface area contributed by atoms with Gasteiger partial charge in [-0.05, 0) is 18.8 Å². The van der Waals surface area contributed by atoms with Gasteiger partial charge in [0, 0.05) is 12.8 Å². The summed E-state index contributed by atoms with van der Waals surface area (Å²) >= 11 is 0. The second-order valence-corrected chi connectivity index (χ2v) is 3.71. The monoisotopic (exact) mass is 172 g/mol. The minimum absolute atomic E-state index is 0.248. The molecule has 0 aromatic heterocycles. The van der Waals surface area contributed by atoms with Gasteiger partial charge in [0.15, 0.2) is 0 Å². The van der Waals surface area contributed by atoms with E-state index in [4.69, 9.17) is 0 Å². The number of hydrogen-bond acceptors (Lipinski definition) is 2. The van der Waals surface area contributed by atoms with Crippen molar-refractivity contribution in [3.05, 3.63) is 0 Å². The molecule has 0 saturated heterocycles. The number of rotatable bonds is 6. The van der Waals surface area contributed by atoms with Crippen LogP contribution in [0, 0.1) is 5.92 Å². The van der Waals surface area contributed by atoms with Crippen LogP contribution in [0.15, 0.2) is 0 Å². The first-order chi connectivity index (χ1) is 5.56. The van der Waals surface area contributed by atoms with Gasteiger partial charge in [0.25, 0.3) is 0 Å². The summed E-state index contributed by atoms with van der Waals surface area (Å²) in [7, 11) is 0. The van der Waals surface area contributed by atoms with Crippen molar-refractivity contribution in [3.8, 4) is 0 Å². The third-order valence-corrected chi connectivity index (χ3v) is 1.89. The van der Waals surface area contributed by atoms with E-state index in [2.05, 4.69) is 13.8 Å². The van der Waals surface area contributed by atoms with Gasteiger partial charge in [0.05, 0.1) is 6.10 Å². The Kier molecular flexibility index (Phi) is 5.99. The number of Topliss-reactive ketones (excluding diaryl/α,β-unsaturated/α-hetero) is 1. The Labute approximate surface area is 75.0 Å². The zero-order chi connectivity index (χ0) is 9.56. The molecule has 0 saturated carbocycles. The van der Waals surface area contributed by atoms with Crippen molar-refractivity contribution in [2.24, 2.45) is 5.92 Å². The maximum absolute atomic E-state index is 10.9. The first kappa shape index (κ1) is 11.6. The molecule has 1 unspecified atom stereocenters. The van der Waals surface area contributed by atoms with E-state index >= 15 is 0 Å². The van der Waals surface area contributed by atoms with E-state index in [0.717, 1.165) is 6.42 Å². The molecule has 2 heteroatoms. The fourth-order valence-electron chi connectivity index (χ4n) is 1.17. The average Bonchev–Trinajstić information content (AvgIpc) is 1.99. The quantitative estimate of drug-likeness (QED) is 0.666. The molecule has 0 aliphatic rings. The van der Waals surface area contributed by atoms with Crippen molar-refractivity contribution < 1.29 is 9.90 Å². The molecule has 1 atom stereocenters. The molecule has 0 bridgehead atoms. The van der Waals surface area contributed by atoms with Crippen LogP contribution in [0.4, 0.5) is 0 Å². The summed E-state index contributed by atoms with van der Waals surface area (Å²) in [6, 6.07) is 0. The molecule has 1 N–H and O–H groups in total. The van der Waals surface area contributed by atoms with Crippen LogP contribution in [0.1, 0.15) is 46.5 Å². The Hall–Kier alpha value is -0.370.